The summed E-state index contributed by atoms with van der Waals surface area (Å²) in [7, 11) is 0. The number of aliphatic carboxylic acids is 1. The van der Waals surface area contributed by atoms with Crippen LogP contribution in [0.5, 0.6) is 0 Å². The van der Waals surface area contributed by atoms with E-state index in [1.807, 2.05) is 13.0 Å². The first kappa shape index (κ1) is 14.1. The smallest absolute Gasteiger partial charge is 0.310 e. The molecule has 2 rings (SSSR count). The molecule has 0 aromatic heterocycles. The van der Waals surface area contributed by atoms with E-state index in [9.17, 15) is 9.90 Å². The second kappa shape index (κ2) is 5.74. The van der Waals surface area contributed by atoms with Gasteiger partial charge in [-0.2, -0.15) is 0 Å². The Morgan fingerprint density at radius 2 is 2.05 bits per heavy atom. The molecule has 19 heavy (non-hydrogen) atoms. The Balaban J connectivity index is 2.17. The van der Waals surface area contributed by atoms with Crippen LogP contribution < -0.4 is 0 Å². The Morgan fingerprint density at radius 3 is 2.53 bits per heavy atom. The van der Waals surface area contributed by atoms with Crippen LogP contribution in [0.2, 0.25) is 0 Å². The van der Waals surface area contributed by atoms with Crippen LogP contribution in [0.15, 0.2) is 30.3 Å². The highest BCUT2D eigenvalue weighted by Gasteiger charge is 2.44. The van der Waals surface area contributed by atoms with Gasteiger partial charge in [-0.15, -0.1) is 0 Å². The van der Waals surface area contributed by atoms with Crippen molar-refractivity contribution in [2.75, 3.05) is 13.1 Å². The molecule has 1 heterocycles. The van der Waals surface area contributed by atoms with Crippen LogP contribution in [0.1, 0.15) is 44.7 Å². The third-order valence-corrected chi connectivity index (χ3v) is 4.53. The largest absolute Gasteiger partial charge is 0.481 e. The van der Waals surface area contributed by atoms with Crippen LogP contribution >= 0.6 is 0 Å². The predicted molar refractivity (Wildman–Crippen MR) is 76.0 cm³/mol. The number of carboxylic acids is 1. The van der Waals surface area contributed by atoms with E-state index < -0.39 is 11.4 Å². The molecule has 1 aromatic rings. The van der Waals surface area contributed by atoms with E-state index >= 15 is 0 Å². The number of hydrogen-bond donors (Lipinski definition) is 1. The number of rotatable bonds is 5. The highest BCUT2D eigenvalue weighted by molar-refractivity contribution is 5.75. The zero-order valence-corrected chi connectivity index (χ0v) is 11.8. The van der Waals surface area contributed by atoms with Gasteiger partial charge in [-0.05, 0) is 31.4 Å². The fraction of sp³-hybridized carbons (Fsp3) is 0.562. The monoisotopic (exact) mass is 261 g/mol. The fourth-order valence-electron chi connectivity index (χ4n) is 3.16. The first-order chi connectivity index (χ1) is 9.13. The molecule has 3 nitrogen and oxygen atoms in total. The highest BCUT2D eigenvalue weighted by atomic mass is 16.4. The van der Waals surface area contributed by atoms with Crippen LogP contribution in [0.3, 0.4) is 0 Å². The van der Waals surface area contributed by atoms with Gasteiger partial charge < -0.3 is 5.11 Å². The fourth-order valence-corrected chi connectivity index (χ4v) is 3.16. The molecule has 3 heteroatoms. The Morgan fingerprint density at radius 1 is 1.37 bits per heavy atom. The average molecular weight is 261 g/mol. The minimum Gasteiger partial charge on any atom is -0.481 e. The maximum atomic E-state index is 11.5. The summed E-state index contributed by atoms with van der Waals surface area (Å²) in [6, 6.07) is 10.8. The lowest BCUT2D eigenvalue weighted by atomic mass is 9.84. The lowest BCUT2D eigenvalue weighted by Crippen LogP contribution is -2.35. The quantitative estimate of drug-likeness (QED) is 0.884. The average Bonchev–Trinajstić information content (AvgIpc) is 2.87. The van der Waals surface area contributed by atoms with Gasteiger partial charge in [0.2, 0.25) is 0 Å². The number of hydrogen-bond acceptors (Lipinski definition) is 2. The summed E-state index contributed by atoms with van der Waals surface area (Å²) >= 11 is 0. The molecule has 0 amide bonds. The van der Waals surface area contributed by atoms with E-state index in [1.54, 1.807) is 0 Å². The summed E-state index contributed by atoms with van der Waals surface area (Å²) < 4.78 is 0. The molecule has 1 N–H and O–H groups in total. The van der Waals surface area contributed by atoms with E-state index in [0.717, 1.165) is 19.4 Å². The summed E-state index contributed by atoms with van der Waals surface area (Å²) in [4.78, 5) is 13.9. The van der Waals surface area contributed by atoms with Gasteiger partial charge >= 0.3 is 5.97 Å². The molecule has 1 aromatic carbocycles. The molecule has 0 aliphatic carbocycles. The number of carboxylic acid groups (broad SMARTS) is 1. The standard InChI is InChI=1S/C16H23NO2/c1-3-14(13-8-6-5-7-9-13)17-11-10-16(4-2,12-17)15(18)19/h5-9,14H,3-4,10-12H2,1-2H3,(H,18,19). The molecule has 1 aliphatic heterocycles. The molecule has 0 radical (unpaired) electrons. The maximum Gasteiger partial charge on any atom is 0.310 e. The molecule has 0 saturated carbocycles. The number of carbonyl (C=O) groups is 1. The Bertz CT molecular complexity index is 432. The van der Waals surface area contributed by atoms with Crippen LogP contribution in [0.25, 0.3) is 0 Å². The van der Waals surface area contributed by atoms with Crippen molar-refractivity contribution in [2.45, 2.75) is 39.2 Å². The summed E-state index contributed by atoms with van der Waals surface area (Å²) in [6.45, 7) is 5.71. The Hall–Kier alpha value is -1.35. The first-order valence-electron chi connectivity index (χ1n) is 7.15. The van der Waals surface area contributed by atoms with Crippen LogP contribution in [0.4, 0.5) is 0 Å². The molecule has 0 bridgehead atoms. The number of nitrogens with zero attached hydrogens (tertiary/aromatic N) is 1. The lowest BCUT2D eigenvalue weighted by molar-refractivity contribution is -0.148. The van der Waals surface area contributed by atoms with Gasteiger partial charge in [-0.1, -0.05) is 44.2 Å². The van der Waals surface area contributed by atoms with Gasteiger partial charge in [0, 0.05) is 12.6 Å². The van der Waals surface area contributed by atoms with E-state index in [4.69, 9.17) is 0 Å². The van der Waals surface area contributed by atoms with Gasteiger partial charge in [0.25, 0.3) is 0 Å². The van der Waals surface area contributed by atoms with Crippen molar-refractivity contribution in [1.82, 2.24) is 4.90 Å². The van der Waals surface area contributed by atoms with Crippen LogP contribution in [0, 0.1) is 5.41 Å². The number of likely N-dealkylation sites (tertiary alicyclic amines) is 1. The van der Waals surface area contributed by atoms with Crippen LogP contribution in [-0.2, 0) is 4.79 Å². The second-order valence-electron chi connectivity index (χ2n) is 5.49. The summed E-state index contributed by atoms with van der Waals surface area (Å²) in [5.41, 5.74) is 0.754. The third-order valence-electron chi connectivity index (χ3n) is 4.53. The Labute approximate surface area is 115 Å². The van der Waals surface area contributed by atoms with Crippen molar-refractivity contribution in [3.63, 3.8) is 0 Å². The molecule has 2 unspecified atom stereocenters. The SMILES string of the molecule is CCC(c1ccccc1)N1CCC(CC)(C(=O)O)C1. The third kappa shape index (κ3) is 2.66. The minimum atomic E-state index is -0.639. The normalized spacial score (nSPS) is 25.4. The summed E-state index contributed by atoms with van der Waals surface area (Å²) in [6.07, 6.45) is 2.50. The maximum absolute atomic E-state index is 11.5. The minimum absolute atomic E-state index is 0.342. The number of benzene rings is 1. The zero-order valence-electron chi connectivity index (χ0n) is 11.8. The van der Waals surface area contributed by atoms with Crippen molar-refractivity contribution in [3.8, 4) is 0 Å². The Kier molecular flexibility index (Phi) is 4.25. The van der Waals surface area contributed by atoms with Gasteiger partial charge in [0.15, 0.2) is 0 Å². The van der Waals surface area contributed by atoms with E-state index in [2.05, 4.69) is 36.1 Å². The lowest BCUT2D eigenvalue weighted by Gasteiger charge is -2.29. The molecule has 1 saturated heterocycles. The highest BCUT2D eigenvalue weighted by Crippen LogP contribution is 2.39. The van der Waals surface area contributed by atoms with E-state index in [1.165, 1.54) is 5.56 Å². The van der Waals surface area contributed by atoms with Crippen molar-refractivity contribution < 1.29 is 9.90 Å². The van der Waals surface area contributed by atoms with Gasteiger partial charge in [0.05, 0.1) is 5.41 Å². The van der Waals surface area contributed by atoms with Crippen molar-refractivity contribution in [2.24, 2.45) is 5.41 Å². The summed E-state index contributed by atoms with van der Waals surface area (Å²) in [5, 5.41) is 9.48. The van der Waals surface area contributed by atoms with Crippen molar-refractivity contribution >= 4 is 5.97 Å². The van der Waals surface area contributed by atoms with E-state index in [-0.39, 0.29) is 0 Å². The molecule has 1 aliphatic rings. The first-order valence-corrected chi connectivity index (χ1v) is 7.15. The molecular weight excluding hydrogens is 238 g/mol. The van der Waals surface area contributed by atoms with Gasteiger partial charge in [0.1, 0.15) is 0 Å². The van der Waals surface area contributed by atoms with Gasteiger partial charge in [-0.25, -0.2) is 0 Å². The molecule has 104 valence electrons. The molecule has 0 spiro atoms. The molecular formula is C16H23NO2. The molecule has 2 atom stereocenters. The predicted octanol–water partition coefficient (Wildman–Crippen LogP) is 3.32. The molecule has 1 fully saturated rings. The zero-order chi connectivity index (χ0) is 13.9. The summed E-state index contributed by atoms with van der Waals surface area (Å²) in [5.74, 6) is -0.639. The van der Waals surface area contributed by atoms with E-state index in [0.29, 0.717) is 19.0 Å². The van der Waals surface area contributed by atoms with Crippen molar-refractivity contribution in [1.29, 1.82) is 0 Å². The second-order valence-corrected chi connectivity index (χ2v) is 5.49. The van der Waals surface area contributed by atoms with Crippen molar-refractivity contribution in [3.05, 3.63) is 35.9 Å². The topological polar surface area (TPSA) is 40.5 Å². The van der Waals surface area contributed by atoms with Crippen LogP contribution in [-0.4, -0.2) is 29.1 Å². The van der Waals surface area contributed by atoms with Gasteiger partial charge in [-0.3, -0.25) is 9.69 Å².